The van der Waals surface area contributed by atoms with Crippen molar-refractivity contribution in [3.8, 4) is 12.1 Å². The molecular formula is C37H23N3O. The Morgan fingerprint density at radius 3 is 1.54 bits per heavy atom. The van der Waals surface area contributed by atoms with Crippen LogP contribution in [0.5, 0.6) is 0 Å². The zero-order chi connectivity index (χ0) is 28.2. The Bertz CT molecular complexity index is 2010. The van der Waals surface area contributed by atoms with E-state index in [1.165, 1.54) is 0 Å². The Labute approximate surface area is 238 Å². The fourth-order valence-electron chi connectivity index (χ4n) is 5.19. The van der Waals surface area contributed by atoms with Gasteiger partial charge in [0.05, 0.1) is 11.1 Å². The fraction of sp³-hybridized carbons (Fsp3) is 0. The zero-order valence-corrected chi connectivity index (χ0v) is 22.0. The second-order valence-electron chi connectivity index (χ2n) is 9.63. The molecule has 0 aliphatic carbocycles. The Balaban J connectivity index is 1.34. The maximum atomic E-state index is 11.2. The number of nitrogens with zero attached hydrogens (tertiary/aromatic N) is 3. The van der Waals surface area contributed by atoms with Gasteiger partial charge in [-0.3, -0.25) is 4.79 Å². The molecule has 6 aromatic carbocycles. The lowest BCUT2D eigenvalue weighted by Crippen LogP contribution is -2.09. The van der Waals surface area contributed by atoms with Gasteiger partial charge in [-0.15, -0.1) is 0 Å². The van der Waals surface area contributed by atoms with Crippen LogP contribution in [0, 0.1) is 22.7 Å². The number of carbonyl (C=O) groups is 1. The van der Waals surface area contributed by atoms with E-state index in [0.717, 1.165) is 56.0 Å². The van der Waals surface area contributed by atoms with Crippen LogP contribution in [0.2, 0.25) is 0 Å². The van der Waals surface area contributed by atoms with Crippen molar-refractivity contribution in [1.82, 2.24) is 0 Å². The third-order valence-corrected chi connectivity index (χ3v) is 7.19. The SMILES string of the molecule is N#Cc1c2ccccc2c(C#N)c2cc(C=Cc3ccc(N(c4ccccc4)c4ccc(C=O)cc4)cc3)ccc12. The Morgan fingerprint density at radius 2 is 0.951 bits per heavy atom. The molecule has 0 fully saturated rings. The zero-order valence-electron chi connectivity index (χ0n) is 22.0. The molecule has 0 aromatic heterocycles. The molecule has 0 radical (unpaired) electrons. The first-order valence-corrected chi connectivity index (χ1v) is 13.2. The van der Waals surface area contributed by atoms with Gasteiger partial charge >= 0.3 is 0 Å². The molecule has 0 atom stereocenters. The van der Waals surface area contributed by atoms with Crippen LogP contribution < -0.4 is 4.90 Å². The van der Waals surface area contributed by atoms with Gasteiger partial charge in [-0.1, -0.05) is 78.9 Å². The molecule has 41 heavy (non-hydrogen) atoms. The van der Waals surface area contributed by atoms with E-state index in [4.69, 9.17) is 0 Å². The topological polar surface area (TPSA) is 67.9 Å². The van der Waals surface area contributed by atoms with Crippen molar-refractivity contribution in [3.63, 3.8) is 0 Å². The Morgan fingerprint density at radius 1 is 0.488 bits per heavy atom. The Hall–Kier alpha value is -5.97. The van der Waals surface area contributed by atoms with E-state index in [1.54, 1.807) is 0 Å². The van der Waals surface area contributed by atoms with Crippen LogP contribution >= 0.6 is 0 Å². The number of nitriles is 2. The van der Waals surface area contributed by atoms with Crippen molar-refractivity contribution in [3.05, 3.63) is 149 Å². The molecule has 6 rings (SSSR count). The number of aldehydes is 1. The van der Waals surface area contributed by atoms with Gasteiger partial charge in [-0.25, -0.2) is 0 Å². The largest absolute Gasteiger partial charge is 0.311 e. The third kappa shape index (κ3) is 4.83. The lowest BCUT2D eigenvalue weighted by Gasteiger charge is -2.25. The minimum Gasteiger partial charge on any atom is -0.311 e. The molecule has 6 aromatic rings. The van der Waals surface area contributed by atoms with Gasteiger partial charge in [0.15, 0.2) is 0 Å². The summed E-state index contributed by atoms with van der Waals surface area (Å²) in [7, 11) is 0. The Kier molecular flexibility index (Phi) is 6.81. The molecule has 0 bridgehead atoms. The average molecular weight is 526 g/mol. The minimum absolute atomic E-state index is 0.580. The van der Waals surface area contributed by atoms with Gasteiger partial charge in [0, 0.05) is 44.2 Å². The number of benzene rings is 6. The van der Waals surface area contributed by atoms with Gasteiger partial charge in [-0.05, 0) is 65.7 Å². The van der Waals surface area contributed by atoms with Crippen molar-refractivity contribution >= 4 is 57.0 Å². The molecule has 0 amide bonds. The van der Waals surface area contributed by atoms with Crippen molar-refractivity contribution < 1.29 is 4.79 Å². The molecule has 0 spiro atoms. The quantitative estimate of drug-likeness (QED) is 0.123. The predicted molar refractivity (Wildman–Crippen MR) is 166 cm³/mol. The smallest absolute Gasteiger partial charge is 0.150 e. The minimum atomic E-state index is 0.580. The van der Waals surface area contributed by atoms with E-state index in [0.29, 0.717) is 16.7 Å². The summed E-state index contributed by atoms with van der Waals surface area (Å²) in [5, 5.41) is 23.0. The predicted octanol–water partition coefficient (Wildman–Crippen LogP) is 9.19. The second kappa shape index (κ2) is 11.0. The normalized spacial score (nSPS) is 10.9. The summed E-state index contributed by atoms with van der Waals surface area (Å²) < 4.78 is 0. The summed E-state index contributed by atoms with van der Waals surface area (Å²) in [5.74, 6) is 0. The molecule has 4 heteroatoms. The summed E-state index contributed by atoms with van der Waals surface area (Å²) in [5.41, 5.74) is 6.73. The van der Waals surface area contributed by atoms with Gasteiger partial charge in [0.25, 0.3) is 0 Å². The summed E-state index contributed by atoms with van der Waals surface area (Å²) in [6, 6.07) is 44.0. The first-order chi connectivity index (χ1) is 20.2. The van der Waals surface area contributed by atoms with Crippen molar-refractivity contribution in [1.29, 1.82) is 10.5 Å². The standard InChI is InChI=1S/C37H23N3O/c38-23-36-32-8-4-5-9-33(32)37(24-39)35-22-27(16-21-34(35)36)11-10-26-12-17-30(18-13-26)40(29-6-2-1-3-7-29)31-19-14-28(25-41)15-20-31/h1-22,25H. The summed E-state index contributed by atoms with van der Waals surface area (Å²) in [6.45, 7) is 0. The monoisotopic (exact) mass is 525 g/mol. The van der Waals surface area contributed by atoms with Gasteiger partial charge in [0.2, 0.25) is 0 Å². The highest BCUT2D eigenvalue weighted by Crippen LogP contribution is 2.35. The number of anilines is 3. The van der Waals surface area contributed by atoms with E-state index < -0.39 is 0 Å². The molecule has 0 heterocycles. The first kappa shape index (κ1) is 25.3. The number of rotatable bonds is 6. The number of hydrogen-bond acceptors (Lipinski definition) is 4. The molecule has 192 valence electrons. The average Bonchev–Trinajstić information content (AvgIpc) is 3.04. The van der Waals surface area contributed by atoms with Crippen molar-refractivity contribution in [2.45, 2.75) is 0 Å². The maximum Gasteiger partial charge on any atom is 0.150 e. The lowest BCUT2D eigenvalue weighted by atomic mass is 9.91. The lowest BCUT2D eigenvalue weighted by molar-refractivity contribution is 0.112. The highest BCUT2D eigenvalue weighted by atomic mass is 16.1. The summed E-state index contributed by atoms with van der Waals surface area (Å²) >= 11 is 0. The number of fused-ring (bicyclic) bond motifs is 2. The van der Waals surface area contributed by atoms with Crippen LogP contribution in [0.25, 0.3) is 33.7 Å². The van der Waals surface area contributed by atoms with E-state index in [1.807, 2.05) is 97.1 Å². The molecule has 0 unspecified atom stereocenters. The maximum absolute atomic E-state index is 11.2. The van der Waals surface area contributed by atoms with Gasteiger partial charge < -0.3 is 4.90 Å². The van der Waals surface area contributed by atoms with Crippen LogP contribution in [0.15, 0.2) is 121 Å². The molecule has 0 N–H and O–H groups in total. The summed E-state index contributed by atoms with van der Waals surface area (Å²) in [6.07, 6.45) is 4.90. The highest BCUT2D eigenvalue weighted by Gasteiger charge is 2.14. The molecule has 0 aliphatic heterocycles. The molecule has 0 aliphatic rings. The van der Waals surface area contributed by atoms with Gasteiger partial charge in [-0.2, -0.15) is 10.5 Å². The molecule has 0 saturated carbocycles. The van der Waals surface area contributed by atoms with E-state index >= 15 is 0 Å². The number of hydrogen-bond donors (Lipinski definition) is 0. The first-order valence-electron chi connectivity index (χ1n) is 13.2. The second-order valence-corrected chi connectivity index (χ2v) is 9.63. The van der Waals surface area contributed by atoms with Crippen LogP contribution in [0.1, 0.15) is 32.6 Å². The van der Waals surface area contributed by atoms with Crippen LogP contribution in [-0.4, -0.2) is 6.29 Å². The van der Waals surface area contributed by atoms with Crippen molar-refractivity contribution in [2.75, 3.05) is 4.90 Å². The number of carbonyl (C=O) groups excluding carboxylic acids is 1. The van der Waals surface area contributed by atoms with Gasteiger partial charge in [0.1, 0.15) is 18.4 Å². The molecule has 0 saturated heterocycles. The van der Waals surface area contributed by atoms with E-state index in [9.17, 15) is 15.3 Å². The summed E-state index contributed by atoms with van der Waals surface area (Å²) in [4.78, 5) is 13.3. The van der Waals surface area contributed by atoms with Crippen LogP contribution in [0.3, 0.4) is 0 Å². The highest BCUT2D eigenvalue weighted by molar-refractivity contribution is 6.09. The van der Waals surface area contributed by atoms with E-state index in [2.05, 4.69) is 53.4 Å². The molecule has 4 nitrogen and oxygen atoms in total. The van der Waals surface area contributed by atoms with Crippen LogP contribution in [0.4, 0.5) is 17.1 Å². The fourth-order valence-corrected chi connectivity index (χ4v) is 5.19. The van der Waals surface area contributed by atoms with Crippen molar-refractivity contribution in [2.24, 2.45) is 0 Å². The number of para-hydroxylation sites is 1. The third-order valence-electron chi connectivity index (χ3n) is 7.19. The van der Waals surface area contributed by atoms with E-state index in [-0.39, 0.29) is 0 Å². The van der Waals surface area contributed by atoms with Crippen LogP contribution in [-0.2, 0) is 0 Å². The molecular weight excluding hydrogens is 502 g/mol.